The summed E-state index contributed by atoms with van der Waals surface area (Å²) in [6, 6.07) is 67.8. The minimum Gasteiger partial charge on any atom is -0.457 e. The van der Waals surface area contributed by atoms with Gasteiger partial charge in [0, 0.05) is 33.5 Å². The molecule has 5 aliphatic carbocycles. The first-order valence-corrected chi connectivity index (χ1v) is 27.3. The van der Waals surface area contributed by atoms with E-state index >= 15 is 0 Å². The van der Waals surface area contributed by atoms with Crippen molar-refractivity contribution in [1.29, 1.82) is 0 Å². The average Bonchev–Trinajstić information content (AvgIpc) is 3.86. The zero-order valence-electron chi connectivity index (χ0n) is 41.9. The summed E-state index contributed by atoms with van der Waals surface area (Å²) in [6.07, 6.45) is 19.9. The van der Waals surface area contributed by atoms with Crippen LogP contribution in [0.1, 0.15) is 147 Å². The van der Waals surface area contributed by atoms with Gasteiger partial charge in [0.15, 0.2) is 0 Å². The fraction of sp³-hybridized carbons (Fsp3) is 0.257. The highest BCUT2D eigenvalue weighted by Crippen LogP contribution is 2.64. The van der Waals surface area contributed by atoms with Crippen LogP contribution in [0.4, 0.5) is 17.1 Å². The Morgan fingerprint density at radius 2 is 1.00 bits per heavy atom. The molecule has 2 nitrogen and oxygen atoms in total. The van der Waals surface area contributed by atoms with Gasteiger partial charge in [-0.3, -0.25) is 0 Å². The molecule has 6 aliphatic rings. The molecule has 1 aliphatic heterocycles. The SMILES string of the molecule is CC1(C)C2=C(CCC=C2)c2ccc(N(c3ccc4c(c3)C3(c5cc(C6CCCCC6)ccc5Oc5ccc(C6CCCCC6)cc53)c3ccccc3-4)c3ccccc3-c3ccc(-c4ccccc4)cc3)cc21. The maximum Gasteiger partial charge on any atom is 0.132 e. The summed E-state index contributed by atoms with van der Waals surface area (Å²) in [5, 5.41) is 0. The van der Waals surface area contributed by atoms with Crippen LogP contribution in [-0.2, 0) is 10.8 Å². The van der Waals surface area contributed by atoms with Gasteiger partial charge in [0.1, 0.15) is 11.5 Å². The second-order valence-electron chi connectivity index (χ2n) is 22.3. The second-order valence-corrected chi connectivity index (χ2v) is 22.3. The van der Waals surface area contributed by atoms with Crippen molar-refractivity contribution in [2.45, 2.75) is 114 Å². The number of allylic oxidation sites excluding steroid dienone is 4. The largest absolute Gasteiger partial charge is 0.457 e. The minimum absolute atomic E-state index is 0.110. The number of hydrogen-bond donors (Lipinski definition) is 0. The summed E-state index contributed by atoms with van der Waals surface area (Å²) < 4.78 is 7.18. The maximum atomic E-state index is 7.18. The monoisotopic (exact) mass is 933 g/mol. The number of hydrogen-bond acceptors (Lipinski definition) is 2. The molecule has 0 bridgehead atoms. The van der Waals surface area contributed by atoms with Crippen LogP contribution in [0.2, 0.25) is 0 Å². The van der Waals surface area contributed by atoms with Gasteiger partial charge in [-0.25, -0.2) is 0 Å². The summed E-state index contributed by atoms with van der Waals surface area (Å²) >= 11 is 0. The van der Waals surface area contributed by atoms with E-state index in [1.54, 1.807) is 0 Å². The van der Waals surface area contributed by atoms with Gasteiger partial charge in [0.25, 0.3) is 0 Å². The number of para-hydroxylation sites is 1. The lowest BCUT2D eigenvalue weighted by Crippen LogP contribution is -2.33. The van der Waals surface area contributed by atoms with Gasteiger partial charge in [0.2, 0.25) is 0 Å². The van der Waals surface area contributed by atoms with Crippen LogP contribution in [-0.4, -0.2) is 0 Å². The van der Waals surface area contributed by atoms with E-state index in [1.165, 1.54) is 159 Å². The number of rotatable bonds is 7. The van der Waals surface area contributed by atoms with Crippen molar-refractivity contribution in [2.24, 2.45) is 0 Å². The number of nitrogens with zero attached hydrogens (tertiary/aromatic N) is 1. The van der Waals surface area contributed by atoms with Crippen LogP contribution in [0.15, 0.2) is 194 Å². The fourth-order valence-electron chi connectivity index (χ4n) is 14.4. The first-order valence-electron chi connectivity index (χ1n) is 27.3. The molecule has 0 amide bonds. The summed E-state index contributed by atoms with van der Waals surface area (Å²) in [4.78, 5) is 2.58. The van der Waals surface area contributed by atoms with Gasteiger partial charge in [-0.1, -0.05) is 198 Å². The average molecular weight is 934 g/mol. The normalized spacial score (nSPS) is 18.1. The first-order chi connectivity index (χ1) is 35.4. The van der Waals surface area contributed by atoms with Gasteiger partial charge >= 0.3 is 0 Å². The highest BCUT2D eigenvalue weighted by molar-refractivity contribution is 5.95. The van der Waals surface area contributed by atoms with E-state index in [0.717, 1.165) is 35.7 Å². The predicted octanol–water partition coefficient (Wildman–Crippen LogP) is 19.4. The standard InChI is InChI=1S/C70H63NO/c1-69(2)60-27-15-12-25-56(60)58-38-36-53(44-62(58)69)71(66-29-17-14-24-55(66)50-32-30-49(31-33-50)46-18-6-3-7-19-46)54-37-39-59-57-26-13-16-28-61(57)70(63(59)45-54)64-42-51(47-20-8-4-9-21-47)34-40-67(64)72-68-41-35-52(43-65(68)70)48-22-10-5-11-23-48/h3,6-7,13-19,24,26-45,47-48H,4-5,8-12,20-23,25H2,1-2H3. The van der Waals surface area contributed by atoms with E-state index in [9.17, 15) is 0 Å². The van der Waals surface area contributed by atoms with Crippen molar-refractivity contribution in [3.05, 3.63) is 238 Å². The molecular formula is C70H63NO. The Kier molecular flexibility index (Phi) is 10.5. The predicted molar refractivity (Wildman–Crippen MR) is 299 cm³/mol. The molecule has 2 fully saturated rings. The smallest absolute Gasteiger partial charge is 0.132 e. The van der Waals surface area contributed by atoms with Crippen molar-refractivity contribution < 1.29 is 4.74 Å². The molecule has 1 spiro atoms. The quantitative estimate of drug-likeness (QED) is 0.158. The molecule has 0 N–H and O–H groups in total. The fourth-order valence-corrected chi connectivity index (χ4v) is 14.4. The lowest BCUT2D eigenvalue weighted by atomic mass is 9.64. The molecule has 2 saturated carbocycles. The Morgan fingerprint density at radius 3 is 1.68 bits per heavy atom. The maximum absolute atomic E-state index is 7.18. The van der Waals surface area contributed by atoms with Gasteiger partial charge in [-0.15, -0.1) is 0 Å². The molecule has 8 aromatic rings. The van der Waals surface area contributed by atoms with E-state index < -0.39 is 5.41 Å². The molecule has 14 rings (SSSR count). The Labute approximate surface area is 426 Å². The molecular weight excluding hydrogens is 871 g/mol. The van der Waals surface area contributed by atoms with Crippen molar-refractivity contribution in [3.8, 4) is 44.9 Å². The van der Waals surface area contributed by atoms with Crippen molar-refractivity contribution >= 4 is 22.6 Å². The molecule has 0 unspecified atom stereocenters. The van der Waals surface area contributed by atoms with Crippen LogP contribution in [0, 0.1) is 0 Å². The minimum atomic E-state index is -0.589. The van der Waals surface area contributed by atoms with E-state index in [1.807, 2.05) is 0 Å². The Morgan fingerprint density at radius 1 is 0.444 bits per heavy atom. The zero-order valence-corrected chi connectivity index (χ0v) is 41.9. The summed E-state index contributed by atoms with van der Waals surface area (Å²) in [6.45, 7) is 4.86. The van der Waals surface area contributed by atoms with Gasteiger partial charge in [-0.2, -0.15) is 0 Å². The Bertz CT molecular complexity index is 3420. The molecule has 2 heteroatoms. The van der Waals surface area contributed by atoms with Gasteiger partial charge in [-0.05, 0) is 165 Å². The van der Waals surface area contributed by atoms with Crippen molar-refractivity contribution in [3.63, 3.8) is 0 Å². The van der Waals surface area contributed by atoms with Crippen LogP contribution < -0.4 is 9.64 Å². The molecule has 0 radical (unpaired) electrons. The summed E-state index contributed by atoms with van der Waals surface area (Å²) in [7, 11) is 0. The first kappa shape index (κ1) is 43.6. The van der Waals surface area contributed by atoms with E-state index in [0.29, 0.717) is 11.8 Å². The molecule has 0 atom stereocenters. The topological polar surface area (TPSA) is 12.5 Å². The number of anilines is 3. The van der Waals surface area contributed by atoms with Gasteiger partial charge in [0.05, 0.1) is 11.1 Å². The number of benzene rings is 8. The van der Waals surface area contributed by atoms with E-state index in [-0.39, 0.29) is 5.41 Å². The van der Waals surface area contributed by atoms with E-state index in [4.69, 9.17) is 4.74 Å². The van der Waals surface area contributed by atoms with E-state index in [2.05, 4.69) is 207 Å². The molecule has 0 aromatic heterocycles. The zero-order chi connectivity index (χ0) is 48.0. The molecule has 0 saturated heterocycles. The Hall–Kier alpha value is -7.16. The third-order valence-corrected chi connectivity index (χ3v) is 18.0. The third-order valence-electron chi connectivity index (χ3n) is 18.0. The molecule has 8 aromatic carbocycles. The van der Waals surface area contributed by atoms with Crippen LogP contribution in [0.5, 0.6) is 11.5 Å². The lowest BCUT2D eigenvalue weighted by molar-refractivity contribution is 0.424. The summed E-state index contributed by atoms with van der Waals surface area (Å²) in [5.74, 6) is 3.08. The van der Waals surface area contributed by atoms with Crippen LogP contribution >= 0.6 is 0 Å². The third kappa shape index (κ3) is 6.81. The molecule has 72 heavy (non-hydrogen) atoms. The highest BCUT2D eigenvalue weighted by atomic mass is 16.5. The summed E-state index contributed by atoms with van der Waals surface area (Å²) in [5.41, 5.74) is 24.3. The van der Waals surface area contributed by atoms with Crippen LogP contribution in [0.3, 0.4) is 0 Å². The molecule has 1 heterocycles. The highest BCUT2D eigenvalue weighted by Gasteiger charge is 2.52. The van der Waals surface area contributed by atoms with Crippen LogP contribution in [0.25, 0.3) is 39.0 Å². The number of fused-ring (bicyclic) bond motifs is 11. The lowest BCUT2D eigenvalue weighted by Gasteiger charge is -2.41. The van der Waals surface area contributed by atoms with Gasteiger partial charge < -0.3 is 9.64 Å². The van der Waals surface area contributed by atoms with Crippen molar-refractivity contribution in [1.82, 2.24) is 0 Å². The van der Waals surface area contributed by atoms with Crippen molar-refractivity contribution in [2.75, 3.05) is 4.90 Å². The second kappa shape index (κ2) is 17.3. The molecule has 354 valence electrons. The number of ether oxygens (including phenoxy) is 1. The Balaban J connectivity index is 1.01.